The molecule has 28 heavy (non-hydrogen) atoms. The Morgan fingerprint density at radius 2 is 1.89 bits per heavy atom. The van der Waals surface area contributed by atoms with E-state index < -0.39 is 23.8 Å². The number of carbonyl (C=O) groups is 2. The molecule has 2 rings (SSSR count). The molecule has 0 bridgehead atoms. The van der Waals surface area contributed by atoms with Crippen molar-refractivity contribution < 1.29 is 19.4 Å². The number of nitrogens with one attached hydrogen (secondary N) is 1. The van der Waals surface area contributed by atoms with E-state index in [9.17, 15) is 14.7 Å². The first-order valence-electron chi connectivity index (χ1n) is 9.93. The Morgan fingerprint density at radius 1 is 1.25 bits per heavy atom. The Balaban J connectivity index is 2.13. The minimum atomic E-state index is -0.811. The van der Waals surface area contributed by atoms with Gasteiger partial charge in [-0.05, 0) is 46.0 Å². The molecule has 1 aromatic heterocycles. The molecule has 0 aliphatic carbocycles. The molecule has 1 aliphatic rings. The van der Waals surface area contributed by atoms with Crippen LogP contribution in [0.15, 0.2) is 6.20 Å². The molecule has 0 saturated carbocycles. The first-order chi connectivity index (χ1) is 13.1. The number of aliphatic hydroxyl groups is 1. The highest BCUT2D eigenvalue weighted by Gasteiger charge is 2.30. The fourth-order valence-electron chi connectivity index (χ4n) is 3.20. The predicted octanol–water partition coefficient (Wildman–Crippen LogP) is 2.05. The number of rotatable bonds is 6. The highest BCUT2D eigenvalue weighted by atomic mass is 16.6. The van der Waals surface area contributed by atoms with Gasteiger partial charge in [0.15, 0.2) is 6.04 Å². The molecule has 9 heteroatoms. The van der Waals surface area contributed by atoms with Gasteiger partial charge < -0.3 is 20.1 Å². The highest BCUT2D eigenvalue weighted by molar-refractivity contribution is 5.80. The van der Waals surface area contributed by atoms with Crippen LogP contribution in [-0.4, -0.2) is 62.3 Å². The Bertz CT molecular complexity index is 662. The Kier molecular flexibility index (Phi) is 7.40. The molecule has 1 aromatic rings. The van der Waals surface area contributed by atoms with E-state index in [1.807, 2.05) is 13.8 Å². The molecule has 1 aliphatic heterocycles. The summed E-state index contributed by atoms with van der Waals surface area (Å²) in [7, 11) is 0. The molecule has 1 fully saturated rings. The second kappa shape index (κ2) is 9.36. The van der Waals surface area contributed by atoms with E-state index in [-0.39, 0.29) is 18.4 Å². The lowest BCUT2D eigenvalue weighted by atomic mass is 10.0. The Hall–Kier alpha value is -2.16. The van der Waals surface area contributed by atoms with Crippen LogP contribution in [0.25, 0.3) is 0 Å². The molecule has 0 radical (unpaired) electrons. The van der Waals surface area contributed by atoms with Crippen molar-refractivity contribution in [3.63, 3.8) is 0 Å². The highest BCUT2D eigenvalue weighted by Crippen LogP contribution is 2.22. The van der Waals surface area contributed by atoms with Gasteiger partial charge in [-0.15, -0.1) is 5.10 Å². The number of hydrogen-bond donors (Lipinski definition) is 2. The van der Waals surface area contributed by atoms with Crippen LogP contribution < -0.4 is 5.32 Å². The minimum Gasteiger partial charge on any atom is -0.444 e. The van der Waals surface area contributed by atoms with Crippen LogP contribution in [0.3, 0.4) is 0 Å². The van der Waals surface area contributed by atoms with Crippen LogP contribution in [0.5, 0.6) is 0 Å². The Morgan fingerprint density at radius 3 is 2.43 bits per heavy atom. The van der Waals surface area contributed by atoms with Gasteiger partial charge in [0.1, 0.15) is 11.3 Å². The molecule has 0 unspecified atom stereocenters. The Labute approximate surface area is 166 Å². The normalized spacial score (nSPS) is 17.3. The molecule has 9 nitrogen and oxygen atoms in total. The zero-order valence-electron chi connectivity index (χ0n) is 17.5. The maximum atomic E-state index is 12.8. The monoisotopic (exact) mass is 395 g/mol. The maximum Gasteiger partial charge on any atom is 0.408 e. The summed E-state index contributed by atoms with van der Waals surface area (Å²) in [6.07, 6.45) is 4.14. The number of carbonyl (C=O) groups excluding carboxylic acids is 2. The first-order valence-corrected chi connectivity index (χ1v) is 9.93. The SMILES string of the molecule is CC(C)[C@H](NC(=O)OC(C)(C)C)c1cn([C@@H](CO)C(=O)N2CCCCC2)nn1. The average molecular weight is 396 g/mol. The minimum absolute atomic E-state index is 0.0306. The largest absolute Gasteiger partial charge is 0.444 e. The van der Waals surface area contributed by atoms with Gasteiger partial charge in [-0.2, -0.15) is 0 Å². The quantitative estimate of drug-likeness (QED) is 0.763. The van der Waals surface area contributed by atoms with Gasteiger partial charge in [-0.3, -0.25) is 4.79 Å². The van der Waals surface area contributed by atoms with Crippen LogP contribution in [0, 0.1) is 5.92 Å². The summed E-state index contributed by atoms with van der Waals surface area (Å²) in [5, 5.41) is 20.8. The number of amides is 2. The van der Waals surface area contributed by atoms with Crippen molar-refractivity contribution in [1.82, 2.24) is 25.2 Å². The van der Waals surface area contributed by atoms with E-state index >= 15 is 0 Å². The zero-order chi connectivity index (χ0) is 20.9. The maximum absolute atomic E-state index is 12.8. The third kappa shape index (κ3) is 5.92. The van der Waals surface area contributed by atoms with Crippen molar-refractivity contribution in [2.75, 3.05) is 19.7 Å². The smallest absolute Gasteiger partial charge is 0.408 e. The molecular formula is C19H33N5O4. The fourth-order valence-corrected chi connectivity index (χ4v) is 3.20. The number of aliphatic hydroxyl groups excluding tert-OH is 1. The van der Waals surface area contributed by atoms with E-state index in [4.69, 9.17) is 4.74 Å². The van der Waals surface area contributed by atoms with Gasteiger partial charge in [0, 0.05) is 13.1 Å². The standard InChI is InChI=1S/C19H33N5O4/c1-13(2)16(20-18(27)28-19(3,4)5)14-11-24(22-21-14)15(12-25)17(26)23-9-7-6-8-10-23/h11,13,15-16,25H,6-10,12H2,1-5H3,(H,20,27)/t15-,16-/m0/s1. The van der Waals surface area contributed by atoms with Gasteiger partial charge in [-0.25, -0.2) is 9.48 Å². The number of ether oxygens (including phenoxy) is 1. The van der Waals surface area contributed by atoms with Crippen molar-refractivity contribution in [1.29, 1.82) is 0 Å². The van der Waals surface area contributed by atoms with Gasteiger partial charge in [0.25, 0.3) is 0 Å². The van der Waals surface area contributed by atoms with Gasteiger partial charge in [0.05, 0.1) is 18.8 Å². The third-order valence-corrected chi connectivity index (χ3v) is 4.63. The number of aromatic nitrogens is 3. The van der Waals surface area contributed by atoms with Crippen LogP contribution >= 0.6 is 0 Å². The van der Waals surface area contributed by atoms with E-state index in [2.05, 4.69) is 15.6 Å². The lowest BCUT2D eigenvalue weighted by molar-refractivity contribution is -0.137. The lowest BCUT2D eigenvalue weighted by Crippen LogP contribution is -2.42. The van der Waals surface area contributed by atoms with Crippen LogP contribution in [-0.2, 0) is 9.53 Å². The first kappa shape index (κ1) is 22.1. The molecule has 2 atom stereocenters. The third-order valence-electron chi connectivity index (χ3n) is 4.63. The summed E-state index contributed by atoms with van der Waals surface area (Å²) in [6, 6.07) is -1.23. The second-order valence-corrected chi connectivity index (χ2v) is 8.58. The number of alkyl carbamates (subject to hydrolysis) is 1. The van der Waals surface area contributed by atoms with Crippen LogP contribution in [0.2, 0.25) is 0 Å². The van der Waals surface area contributed by atoms with Crippen molar-refractivity contribution in [2.24, 2.45) is 5.92 Å². The van der Waals surface area contributed by atoms with Crippen LogP contribution in [0.4, 0.5) is 4.79 Å². The van der Waals surface area contributed by atoms with Gasteiger partial charge in [0.2, 0.25) is 5.91 Å². The molecule has 2 heterocycles. The predicted molar refractivity (Wildman–Crippen MR) is 104 cm³/mol. The number of likely N-dealkylation sites (tertiary alicyclic amines) is 1. The summed E-state index contributed by atoms with van der Waals surface area (Å²) >= 11 is 0. The molecular weight excluding hydrogens is 362 g/mol. The topological polar surface area (TPSA) is 110 Å². The number of piperidine rings is 1. The molecule has 158 valence electrons. The summed E-state index contributed by atoms with van der Waals surface area (Å²) in [5.74, 6) is -0.122. The van der Waals surface area contributed by atoms with Crippen molar-refractivity contribution >= 4 is 12.0 Å². The van der Waals surface area contributed by atoms with E-state index in [1.54, 1.807) is 31.9 Å². The van der Waals surface area contributed by atoms with Crippen LogP contribution in [0.1, 0.15) is 71.7 Å². The van der Waals surface area contributed by atoms with Gasteiger partial charge >= 0.3 is 6.09 Å². The fraction of sp³-hybridized carbons (Fsp3) is 0.789. The van der Waals surface area contributed by atoms with Crippen molar-refractivity contribution in [3.05, 3.63) is 11.9 Å². The summed E-state index contributed by atoms with van der Waals surface area (Å²) in [5.41, 5.74) is -0.0859. The average Bonchev–Trinajstić information content (AvgIpc) is 3.08. The number of nitrogens with zero attached hydrogens (tertiary/aromatic N) is 4. The second-order valence-electron chi connectivity index (χ2n) is 8.58. The number of hydrogen-bond acceptors (Lipinski definition) is 6. The summed E-state index contributed by atoms with van der Waals surface area (Å²) < 4.78 is 6.71. The summed E-state index contributed by atoms with van der Waals surface area (Å²) in [4.78, 5) is 26.7. The molecule has 2 amide bonds. The van der Waals surface area contributed by atoms with E-state index in [0.29, 0.717) is 18.8 Å². The lowest BCUT2D eigenvalue weighted by Gasteiger charge is -2.29. The summed E-state index contributed by atoms with van der Waals surface area (Å²) in [6.45, 7) is 10.3. The zero-order valence-corrected chi connectivity index (χ0v) is 17.5. The van der Waals surface area contributed by atoms with Gasteiger partial charge in [-0.1, -0.05) is 19.1 Å². The molecule has 0 spiro atoms. The molecule has 0 aromatic carbocycles. The van der Waals surface area contributed by atoms with Crippen molar-refractivity contribution in [3.8, 4) is 0 Å². The van der Waals surface area contributed by atoms with E-state index in [1.165, 1.54) is 4.68 Å². The molecule has 1 saturated heterocycles. The molecule has 2 N–H and O–H groups in total. The van der Waals surface area contributed by atoms with E-state index in [0.717, 1.165) is 19.3 Å². The van der Waals surface area contributed by atoms with Crippen molar-refractivity contribution in [2.45, 2.75) is 71.6 Å².